The van der Waals surface area contributed by atoms with Gasteiger partial charge in [-0.05, 0) is 29.8 Å². The zero-order valence-corrected chi connectivity index (χ0v) is 16.8. The van der Waals surface area contributed by atoms with Crippen molar-refractivity contribution in [1.29, 1.82) is 0 Å². The summed E-state index contributed by atoms with van der Waals surface area (Å²) in [5.41, 5.74) is 6.39. The molecule has 1 aliphatic rings. The highest BCUT2D eigenvalue weighted by Crippen LogP contribution is 2.14. The first kappa shape index (κ1) is 20.6. The van der Waals surface area contributed by atoms with Crippen LogP contribution in [0.25, 0.3) is 0 Å². The number of hydrazine groups is 1. The van der Waals surface area contributed by atoms with Crippen LogP contribution in [0, 0.1) is 0 Å². The second kappa shape index (κ2) is 9.89. The molecule has 1 heterocycles. The minimum absolute atomic E-state index is 0.234. The van der Waals surface area contributed by atoms with Gasteiger partial charge in [0.1, 0.15) is 0 Å². The van der Waals surface area contributed by atoms with Crippen molar-refractivity contribution in [1.82, 2.24) is 20.7 Å². The van der Waals surface area contributed by atoms with Crippen LogP contribution in [0.2, 0.25) is 10.0 Å². The van der Waals surface area contributed by atoms with Crippen LogP contribution in [-0.4, -0.2) is 54.3 Å². The van der Waals surface area contributed by atoms with Crippen LogP contribution in [0.15, 0.2) is 48.5 Å². The molecule has 1 saturated heterocycles. The topological polar surface area (TPSA) is 64.7 Å². The summed E-state index contributed by atoms with van der Waals surface area (Å²) in [6.45, 7) is 4.44. The molecule has 0 bridgehead atoms. The number of carbonyl (C=O) groups is 2. The first-order valence-corrected chi connectivity index (χ1v) is 9.80. The molecule has 3 rings (SSSR count). The van der Waals surface area contributed by atoms with Gasteiger partial charge in [0.2, 0.25) is 0 Å². The van der Waals surface area contributed by atoms with Crippen molar-refractivity contribution >= 4 is 35.0 Å². The van der Waals surface area contributed by atoms with Crippen LogP contribution in [0.5, 0.6) is 0 Å². The molecule has 0 saturated carbocycles. The molecule has 1 fully saturated rings. The molecule has 0 atom stereocenters. The summed E-state index contributed by atoms with van der Waals surface area (Å²) >= 11 is 11.9. The van der Waals surface area contributed by atoms with Crippen LogP contribution in [0.1, 0.15) is 15.9 Å². The fourth-order valence-corrected chi connectivity index (χ4v) is 3.38. The first-order valence-electron chi connectivity index (χ1n) is 9.04. The molecule has 0 unspecified atom stereocenters. The van der Waals surface area contributed by atoms with Gasteiger partial charge in [-0.1, -0.05) is 47.5 Å². The second-order valence-corrected chi connectivity index (χ2v) is 7.50. The van der Waals surface area contributed by atoms with Crippen LogP contribution in [-0.2, 0) is 11.3 Å². The van der Waals surface area contributed by atoms with E-state index < -0.39 is 5.91 Å². The molecule has 2 aromatic rings. The van der Waals surface area contributed by atoms with Gasteiger partial charge in [-0.15, -0.1) is 0 Å². The molecule has 0 aliphatic carbocycles. The van der Waals surface area contributed by atoms with Crippen LogP contribution >= 0.6 is 23.2 Å². The quantitative estimate of drug-likeness (QED) is 0.729. The summed E-state index contributed by atoms with van der Waals surface area (Å²) in [5, 5.41) is 1.08. The maximum absolute atomic E-state index is 12.1. The fourth-order valence-electron chi connectivity index (χ4n) is 3.04. The van der Waals surface area contributed by atoms with E-state index in [1.165, 1.54) is 5.56 Å². The van der Waals surface area contributed by atoms with E-state index in [9.17, 15) is 9.59 Å². The third-order valence-electron chi connectivity index (χ3n) is 4.59. The van der Waals surface area contributed by atoms with Crippen molar-refractivity contribution in [2.45, 2.75) is 6.54 Å². The Kier molecular flexibility index (Phi) is 7.28. The SMILES string of the molecule is O=C(CN1CCN(Cc2ccc(Cl)cc2)CC1)NNC(=O)c1ccccc1Cl. The number of halogens is 2. The molecule has 148 valence electrons. The predicted molar refractivity (Wildman–Crippen MR) is 110 cm³/mol. The average Bonchev–Trinajstić information content (AvgIpc) is 2.70. The Balaban J connectivity index is 1.38. The van der Waals surface area contributed by atoms with Gasteiger partial charge >= 0.3 is 0 Å². The van der Waals surface area contributed by atoms with Crippen molar-refractivity contribution in [3.05, 3.63) is 69.7 Å². The Hall–Kier alpha value is -2.12. The number of amides is 2. The number of hydrogen-bond acceptors (Lipinski definition) is 4. The number of nitrogens with zero attached hydrogens (tertiary/aromatic N) is 2. The lowest BCUT2D eigenvalue weighted by Gasteiger charge is -2.34. The number of piperazine rings is 1. The van der Waals surface area contributed by atoms with E-state index in [0.29, 0.717) is 10.6 Å². The van der Waals surface area contributed by atoms with Crippen molar-refractivity contribution in [2.24, 2.45) is 0 Å². The average molecular weight is 421 g/mol. The molecule has 2 aromatic carbocycles. The molecule has 8 heteroatoms. The van der Waals surface area contributed by atoms with Gasteiger partial charge in [0.25, 0.3) is 11.8 Å². The summed E-state index contributed by atoms with van der Waals surface area (Å²) in [6.07, 6.45) is 0. The monoisotopic (exact) mass is 420 g/mol. The lowest BCUT2D eigenvalue weighted by molar-refractivity contribution is -0.123. The lowest BCUT2D eigenvalue weighted by atomic mass is 10.2. The van der Waals surface area contributed by atoms with Crippen molar-refractivity contribution in [3.8, 4) is 0 Å². The number of rotatable bonds is 5. The number of benzene rings is 2. The van der Waals surface area contributed by atoms with E-state index in [-0.39, 0.29) is 12.5 Å². The summed E-state index contributed by atoms with van der Waals surface area (Å²) in [4.78, 5) is 28.6. The zero-order chi connectivity index (χ0) is 19.9. The summed E-state index contributed by atoms with van der Waals surface area (Å²) < 4.78 is 0. The van der Waals surface area contributed by atoms with Gasteiger partial charge in [-0.25, -0.2) is 0 Å². The Morgan fingerprint density at radius 2 is 1.50 bits per heavy atom. The first-order chi connectivity index (χ1) is 13.5. The van der Waals surface area contributed by atoms with Gasteiger partial charge in [-0.2, -0.15) is 0 Å². The Labute approximate surface area is 174 Å². The number of nitrogens with one attached hydrogen (secondary N) is 2. The lowest BCUT2D eigenvalue weighted by Crippen LogP contribution is -2.51. The van der Waals surface area contributed by atoms with Gasteiger partial charge < -0.3 is 0 Å². The van der Waals surface area contributed by atoms with Gasteiger partial charge in [-0.3, -0.25) is 30.2 Å². The van der Waals surface area contributed by atoms with Crippen molar-refractivity contribution in [3.63, 3.8) is 0 Å². The highest BCUT2D eigenvalue weighted by Gasteiger charge is 2.19. The van der Waals surface area contributed by atoms with Crippen LogP contribution < -0.4 is 10.9 Å². The highest BCUT2D eigenvalue weighted by atomic mass is 35.5. The van der Waals surface area contributed by atoms with E-state index in [4.69, 9.17) is 23.2 Å². The molecule has 0 spiro atoms. The third kappa shape index (κ3) is 5.94. The van der Waals surface area contributed by atoms with E-state index in [2.05, 4.69) is 20.7 Å². The molecule has 2 amide bonds. The van der Waals surface area contributed by atoms with Gasteiger partial charge in [0.15, 0.2) is 0 Å². The normalized spacial score (nSPS) is 15.2. The molecule has 6 nitrogen and oxygen atoms in total. The maximum atomic E-state index is 12.1. The van der Waals surface area contributed by atoms with E-state index >= 15 is 0 Å². The molecular weight excluding hydrogens is 399 g/mol. The smallest absolute Gasteiger partial charge is 0.271 e. The van der Waals surface area contributed by atoms with E-state index in [1.807, 2.05) is 24.3 Å². The Morgan fingerprint density at radius 3 is 2.18 bits per heavy atom. The molecule has 1 aliphatic heterocycles. The largest absolute Gasteiger partial charge is 0.297 e. The van der Waals surface area contributed by atoms with Crippen molar-refractivity contribution in [2.75, 3.05) is 32.7 Å². The molecule has 28 heavy (non-hydrogen) atoms. The third-order valence-corrected chi connectivity index (χ3v) is 5.17. The fraction of sp³-hybridized carbons (Fsp3) is 0.300. The van der Waals surface area contributed by atoms with Crippen molar-refractivity contribution < 1.29 is 9.59 Å². The highest BCUT2D eigenvalue weighted by molar-refractivity contribution is 6.33. The minimum Gasteiger partial charge on any atom is -0.297 e. The molecule has 0 aromatic heterocycles. The van der Waals surface area contributed by atoms with Crippen LogP contribution in [0.3, 0.4) is 0 Å². The van der Waals surface area contributed by atoms with Gasteiger partial charge in [0, 0.05) is 37.7 Å². The number of hydrogen-bond donors (Lipinski definition) is 2. The summed E-state index contributed by atoms with van der Waals surface area (Å²) in [7, 11) is 0. The summed E-state index contributed by atoms with van der Waals surface area (Å²) in [6, 6.07) is 14.5. The van der Waals surface area contributed by atoms with Crippen LogP contribution in [0.4, 0.5) is 0 Å². The zero-order valence-electron chi connectivity index (χ0n) is 15.3. The molecule has 0 radical (unpaired) electrons. The summed E-state index contributed by atoms with van der Waals surface area (Å²) in [5.74, 6) is -0.696. The number of carbonyl (C=O) groups excluding carboxylic acids is 2. The maximum Gasteiger partial charge on any atom is 0.271 e. The molecular formula is C20H22Cl2N4O2. The standard InChI is InChI=1S/C20H22Cl2N4O2/c21-16-7-5-15(6-8-16)13-25-9-11-26(12-10-25)14-19(27)23-24-20(28)17-3-1-2-4-18(17)22/h1-8H,9-14H2,(H,23,27)(H,24,28). The predicted octanol–water partition coefficient (Wildman–Crippen LogP) is 2.57. The Bertz CT molecular complexity index is 821. The minimum atomic E-state index is -0.438. The molecule has 2 N–H and O–H groups in total. The Morgan fingerprint density at radius 1 is 0.857 bits per heavy atom. The van der Waals surface area contributed by atoms with Gasteiger partial charge in [0.05, 0.1) is 17.1 Å². The van der Waals surface area contributed by atoms with E-state index in [0.717, 1.165) is 37.7 Å². The van der Waals surface area contributed by atoms with E-state index in [1.54, 1.807) is 24.3 Å². The second-order valence-electron chi connectivity index (χ2n) is 6.66.